The fourth-order valence-electron chi connectivity index (χ4n) is 2.52. The number of aliphatic carboxylic acids is 1. The molecule has 1 amide bonds. The number of aryl methyl sites for hydroxylation is 1. The highest BCUT2D eigenvalue weighted by Gasteiger charge is 2.25. The number of piperidine rings is 1. The van der Waals surface area contributed by atoms with Crippen LogP contribution in [0.4, 0.5) is 0 Å². The van der Waals surface area contributed by atoms with Gasteiger partial charge in [-0.05, 0) is 44.2 Å². The first kappa shape index (κ1) is 14.1. The molecule has 1 saturated heterocycles. The molecule has 1 aliphatic rings. The Hall–Kier alpha value is -1.36. The van der Waals surface area contributed by atoms with Crippen LogP contribution >= 0.6 is 11.3 Å². The zero-order valence-electron chi connectivity index (χ0n) is 11.1. The fraction of sp³-hybridized carbons (Fsp3) is 0.571. The summed E-state index contributed by atoms with van der Waals surface area (Å²) in [5.74, 6) is -0.328. The minimum atomic E-state index is -0.752. The van der Waals surface area contributed by atoms with Crippen molar-refractivity contribution in [2.24, 2.45) is 5.92 Å². The Balaban J connectivity index is 1.93. The van der Waals surface area contributed by atoms with Crippen LogP contribution in [0.3, 0.4) is 0 Å². The van der Waals surface area contributed by atoms with E-state index in [-0.39, 0.29) is 12.3 Å². The topological polar surface area (TPSA) is 57.6 Å². The molecule has 19 heavy (non-hydrogen) atoms. The largest absolute Gasteiger partial charge is 0.481 e. The quantitative estimate of drug-likeness (QED) is 0.923. The van der Waals surface area contributed by atoms with E-state index in [2.05, 4.69) is 0 Å². The maximum Gasteiger partial charge on any atom is 0.303 e. The average molecular weight is 281 g/mol. The number of likely N-dealkylation sites (tertiary alicyclic amines) is 1. The molecule has 0 aliphatic carbocycles. The smallest absolute Gasteiger partial charge is 0.303 e. The SMILES string of the molecule is Cc1ccc(C(=O)N2CCC[C@@H](CCC(=O)O)C2)s1. The number of rotatable bonds is 4. The number of carbonyl (C=O) groups excluding carboxylic acids is 1. The molecular weight excluding hydrogens is 262 g/mol. The van der Waals surface area contributed by atoms with E-state index in [0.717, 1.165) is 29.1 Å². The molecule has 5 heteroatoms. The minimum Gasteiger partial charge on any atom is -0.481 e. The maximum absolute atomic E-state index is 12.3. The summed E-state index contributed by atoms with van der Waals surface area (Å²) in [6.07, 6.45) is 2.87. The number of nitrogens with zero attached hydrogens (tertiary/aromatic N) is 1. The molecule has 2 heterocycles. The van der Waals surface area contributed by atoms with E-state index in [0.29, 0.717) is 18.9 Å². The summed E-state index contributed by atoms with van der Waals surface area (Å²) in [5.41, 5.74) is 0. The molecule has 0 aromatic carbocycles. The lowest BCUT2D eigenvalue weighted by Gasteiger charge is -2.32. The van der Waals surface area contributed by atoms with E-state index in [1.807, 2.05) is 24.0 Å². The lowest BCUT2D eigenvalue weighted by Crippen LogP contribution is -2.39. The van der Waals surface area contributed by atoms with Crippen molar-refractivity contribution in [3.05, 3.63) is 21.9 Å². The molecule has 0 unspecified atom stereocenters. The predicted molar refractivity (Wildman–Crippen MR) is 74.6 cm³/mol. The molecule has 104 valence electrons. The molecule has 1 aliphatic heterocycles. The number of amides is 1. The Kier molecular flexibility index (Phi) is 4.58. The van der Waals surface area contributed by atoms with Gasteiger partial charge in [0.05, 0.1) is 4.88 Å². The molecule has 1 fully saturated rings. The van der Waals surface area contributed by atoms with Gasteiger partial charge in [-0.2, -0.15) is 0 Å². The van der Waals surface area contributed by atoms with E-state index < -0.39 is 5.97 Å². The van der Waals surface area contributed by atoms with Crippen molar-refractivity contribution in [3.8, 4) is 0 Å². The van der Waals surface area contributed by atoms with Crippen LogP contribution in [0.1, 0.15) is 40.2 Å². The van der Waals surface area contributed by atoms with Crippen LogP contribution in [-0.4, -0.2) is 35.0 Å². The third-order valence-electron chi connectivity index (χ3n) is 3.52. The van der Waals surface area contributed by atoms with Crippen molar-refractivity contribution < 1.29 is 14.7 Å². The van der Waals surface area contributed by atoms with E-state index in [1.54, 1.807) is 0 Å². The van der Waals surface area contributed by atoms with Crippen LogP contribution in [0.5, 0.6) is 0 Å². The van der Waals surface area contributed by atoms with Gasteiger partial charge in [0.15, 0.2) is 0 Å². The zero-order chi connectivity index (χ0) is 13.8. The molecule has 1 atom stereocenters. The second-order valence-electron chi connectivity index (χ2n) is 5.10. The van der Waals surface area contributed by atoms with Gasteiger partial charge >= 0.3 is 5.97 Å². The van der Waals surface area contributed by atoms with Crippen LogP contribution in [0.2, 0.25) is 0 Å². The van der Waals surface area contributed by atoms with E-state index in [4.69, 9.17) is 5.11 Å². The Morgan fingerprint density at radius 1 is 1.47 bits per heavy atom. The lowest BCUT2D eigenvalue weighted by molar-refractivity contribution is -0.137. The zero-order valence-corrected chi connectivity index (χ0v) is 11.9. The van der Waals surface area contributed by atoms with Gasteiger partial charge < -0.3 is 10.0 Å². The summed E-state index contributed by atoms with van der Waals surface area (Å²) in [4.78, 5) is 26.7. The normalized spacial score (nSPS) is 19.4. The Labute approximate surface area is 117 Å². The first-order valence-electron chi connectivity index (χ1n) is 6.64. The maximum atomic E-state index is 12.3. The number of hydrogen-bond acceptors (Lipinski definition) is 3. The minimum absolute atomic E-state index is 0.0955. The number of carboxylic acid groups (broad SMARTS) is 1. The Bertz CT molecular complexity index is 469. The summed E-state index contributed by atoms with van der Waals surface area (Å²) in [6.45, 7) is 3.48. The molecule has 1 N–H and O–H groups in total. The van der Waals surface area contributed by atoms with Gasteiger partial charge in [0, 0.05) is 24.4 Å². The standard InChI is InChI=1S/C14H19NO3S/c1-10-4-6-12(19-10)14(18)15-8-2-3-11(9-15)5-7-13(16)17/h4,6,11H,2-3,5,7-9H2,1H3,(H,16,17)/t11-/m0/s1. The molecule has 2 rings (SSSR count). The first-order valence-corrected chi connectivity index (χ1v) is 7.45. The van der Waals surface area contributed by atoms with Gasteiger partial charge in [-0.3, -0.25) is 9.59 Å². The number of hydrogen-bond donors (Lipinski definition) is 1. The summed E-state index contributed by atoms with van der Waals surface area (Å²) in [6, 6.07) is 3.84. The van der Waals surface area contributed by atoms with Crippen molar-refractivity contribution in [1.29, 1.82) is 0 Å². The second kappa shape index (κ2) is 6.19. The van der Waals surface area contributed by atoms with Gasteiger partial charge in [-0.15, -0.1) is 11.3 Å². The second-order valence-corrected chi connectivity index (χ2v) is 6.39. The van der Waals surface area contributed by atoms with Gasteiger partial charge in [-0.25, -0.2) is 0 Å². The predicted octanol–water partition coefficient (Wildman–Crippen LogP) is 2.77. The van der Waals surface area contributed by atoms with Gasteiger partial charge in [0.25, 0.3) is 5.91 Å². The molecule has 1 aromatic heterocycles. The lowest BCUT2D eigenvalue weighted by atomic mass is 9.93. The molecule has 0 saturated carbocycles. The molecule has 0 spiro atoms. The Morgan fingerprint density at radius 2 is 2.26 bits per heavy atom. The van der Waals surface area contributed by atoms with Gasteiger partial charge in [-0.1, -0.05) is 0 Å². The number of thiophene rings is 1. The van der Waals surface area contributed by atoms with E-state index >= 15 is 0 Å². The fourth-order valence-corrected chi connectivity index (χ4v) is 3.35. The first-order chi connectivity index (χ1) is 9.06. The third kappa shape index (κ3) is 3.80. The summed E-state index contributed by atoms with van der Waals surface area (Å²) >= 11 is 1.52. The van der Waals surface area contributed by atoms with Gasteiger partial charge in [0.2, 0.25) is 0 Å². The molecular formula is C14H19NO3S. The van der Waals surface area contributed by atoms with Crippen molar-refractivity contribution in [3.63, 3.8) is 0 Å². The van der Waals surface area contributed by atoms with Crippen molar-refractivity contribution in [2.45, 2.75) is 32.6 Å². The van der Waals surface area contributed by atoms with Crippen LogP contribution in [0.25, 0.3) is 0 Å². The summed E-state index contributed by atoms with van der Waals surface area (Å²) in [5, 5.41) is 8.72. The van der Waals surface area contributed by atoms with Gasteiger partial charge in [0.1, 0.15) is 0 Å². The summed E-state index contributed by atoms with van der Waals surface area (Å²) < 4.78 is 0. The van der Waals surface area contributed by atoms with Crippen LogP contribution in [-0.2, 0) is 4.79 Å². The average Bonchev–Trinajstić information content (AvgIpc) is 2.82. The Morgan fingerprint density at radius 3 is 2.89 bits per heavy atom. The highest BCUT2D eigenvalue weighted by Crippen LogP contribution is 2.24. The van der Waals surface area contributed by atoms with E-state index in [1.165, 1.54) is 11.3 Å². The molecule has 4 nitrogen and oxygen atoms in total. The highest BCUT2D eigenvalue weighted by molar-refractivity contribution is 7.13. The monoisotopic (exact) mass is 281 g/mol. The number of carboxylic acids is 1. The van der Waals surface area contributed by atoms with Crippen LogP contribution in [0.15, 0.2) is 12.1 Å². The molecule has 1 aromatic rings. The van der Waals surface area contributed by atoms with Crippen molar-refractivity contribution in [2.75, 3.05) is 13.1 Å². The molecule has 0 radical (unpaired) electrons. The van der Waals surface area contributed by atoms with Crippen LogP contribution < -0.4 is 0 Å². The molecule has 0 bridgehead atoms. The van der Waals surface area contributed by atoms with E-state index in [9.17, 15) is 9.59 Å². The van der Waals surface area contributed by atoms with Crippen molar-refractivity contribution >= 4 is 23.2 Å². The van der Waals surface area contributed by atoms with Crippen LogP contribution in [0, 0.1) is 12.8 Å². The highest BCUT2D eigenvalue weighted by atomic mass is 32.1. The number of carbonyl (C=O) groups is 2. The summed E-state index contributed by atoms with van der Waals surface area (Å²) in [7, 11) is 0. The third-order valence-corrected chi connectivity index (χ3v) is 4.51. The van der Waals surface area contributed by atoms with Crippen molar-refractivity contribution in [1.82, 2.24) is 4.90 Å².